The van der Waals surface area contributed by atoms with E-state index in [9.17, 15) is 9.59 Å². The van der Waals surface area contributed by atoms with Crippen LogP contribution in [0.25, 0.3) is 0 Å². The summed E-state index contributed by atoms with van der Waals surface area (Å²) in [6.45, 7) is 4.09. The van der Waals surface area contributed by atoms with Crippen LogP contribution in [0, 0.1) is 5.92 Å². The Bertz CT molecular complexity index is 562. The molecule has 2 rings (SSSR count). The van der Waals surface area contributed by atoms with Gasteiger partial charge in [0.1, 0.15) is 0 Å². The third kappa shape index (κ3) is 5.55. The second kappa shape index (κ2) is 8.51. The highest BCUT2D eigenvalue weighted by atomic mass is 16.5. The third-order valence-corrected chi connectivity index (χ3v) is 4.28. The van der Waals surface area contributed by atoms with Crippen molar-refractivity contribution in [2.75, 3.05) is 11.9 Å². The molecule has 2 atom stereocenters. The van der Waals surface area contributed by atoms with E-state index in [0.29, 0.717) is 12.3 Å². The van der Waals surface area contributed by atoms with Gasteiger partial charge in [-0.2, -0.15) is 0 Å². The number of hydrogen-bond acceptors (Lipinski definition) is 3. The topological polar surface area (TPSA) is 55.4 Å². The highest BCUT2D eigenvalue weighted by Gasteiger charge is 2.16. The first-order chi connectivity index (χ1) is 11.1. The number of hydrogen-bond donors (Lipinski definition) is 1. The van der Waals surface area contributed by atoms with E-state index in [1.54, 1.807) is 0 Å². The van der Waals surface area contributed by atoms with Gasteiger partial charge in [-0.05, 0) is 48.8 Å². The number of amides is 1. The molecule has 0 heterocycles. The summed E-state index contributed by atoms with van der Waals surface area (Å²) in [7, 11) is 0. The lowest BCUT2D eigenvalue weighted by Crippen LogP contribution is -2.21. The van der Waals surface area contributed by atoms with E-state index >= 15 is 0 Å². The molecule has 23 heavy (non-hydrogen) atoms. The molecule has 0 bridgehead atoms. The van der Waals surface area contributed by atoms with Crippen molar-refractivity contribution in [3.05, 3.63) is 42.0 Å². The molecule has 1 N–H and O–H groups in total. The van der Waals surface area contributed by atoms with Crippen molar-refractivity contribution in [2.24, 2.45) is 5.92 Å². The van der Waals surface area contributed by atoms with Crippen molar-refractivity contribution in [3.8, 4) is 0 Å². The Labute approximate surface area is 137 Å². The molecule has 124 valence electrons. The third-order valence-electron chi connectivity index (χ3n) is 4.28. The highest BCUT2D eigenvalue weighted by molar-refractivity contribution is 5.92. The van der Waals surface area contributed by atoms with Gasteiger partial charge in [-0.25, -0.2) is 0 Å². The zero-order valence-corrected chi connectivity index (χ0v) is 13.9. The van der Waals surface area contributed by atoms with Gasteiger partial charge in [0.15, 0.2) is 6.61 Å². The highest BCUT2D eigenvalue weighted by Crippen LogP contribution is 2.21. The van der Waals surface area contributed by atoms with Crippen molar-refractivity contribution >= 4 is 17.6 Å². The number of benzene rings is 1. The van der Waals surface area contributed by atoms with E-state index in [-0.39, 0.29) is 24.4 Å². The first-order valence-electron chi connectivity index (χ1n) is 8.30. The van der Waals surface area contributed by atoms with Gasteiger partial charge in [0.05, 0.1) is 6.42 Å². The molecule has 0 radical (unpaired) electrons. The average Bonchev–Trinajstić information content (AvgIpc) is 3.06. The Hall–Kier alpha value is -2.10. The minimum Gasteiger partial charge on any atom is -0.456 e. The first kappa shape index (κ1) is 17.3. The molecule has 0 saturated carbocycles. The lowest BCUT2D eigenvalue weighted by molar-refractivity contribution is -0.147. The molecule has 0 fully saturated rings. The molecular weight excluding hydrogens is 290 g/mol. The number of carbonyl (C=O) groups is 2. The number of carbonyl (C=O) groups excluding carboxylic acids is 2. The summed E-state index contributed by atoms with van der Waals surface area (Å²) in [6.07, 6.45) is 7.56. The van der Waals surface area contributed by atoms with Crippen molar-refractivity contribution < 1.29 is 14.3 Å². The van der Waals surface area contributed by atoms with E-state index in [4.69, 9.17) is 4.74 Å². The second-order valence-electron chi connectivity index (χ2n) is 6.11. The molecular formula is C19H25NO3. The second-order valence-corrected chi connectivity index (χ2v) is 6.11. The maximum atomic E-state index is 11.8. The van der Waals surface area contributed by atoms with Crippen LogP contribution in [0.4, 0.5) is 5.69 Å². The minimum absolute atomic E-state index is 0.234. The standard InChI is InChI=1S/C19H25NO3/c1-3-14(2)16-8-10-17(11-9-16)20-18(21)13-23-19(22)12-15-6-4-5-7-15/h4,6,8-11,14-15H,3,5,7,12-13H2,1-2H3,(H,20,21)/t14-,15+/m0/s1. The molecule has 1 amide bonds. The summed E-state index contributed by atoms with van der Waals surface area (Å²) < 4.78 is 5.03. The van der Waals surface area contributed by atoms with E-state index in [2.05, 4.69) is 25.2 Å². The predicted octanol–water partition coefficient (Wildman–Crippen LogP) is 4.04. The van der Waals surface area contributed by atoms with Gasteiger partial charge in [0, 0.05) is 5.69 Å². The van der Waals surface area contributed by atoms with Crippen LogP contribution in [0.5, 0.6) is 0 Å². The van der Waals surface area contributed by atoms with E-state index < -0.39 is 0 Å². The van der Waals surface area contributed by atoms with Gasteiger partial charge in [-0.15, -0.1) is 0 Å². The molecule has 0 aromatic heterocycles. The minimum atomic E-state index is -0.316. The van der Waals surface area contributed by atoms with Gasteiger partial charge in [0.25, 0.3) is 5.91 Å². The quantitative estimate of drug-likeness (QED) is 0.610. The number of nitrogens with one attached hydrogen (secondary N) is 1. The van der Waals surface area contributed by atoms with Crippen molar-refractivity contribution in [2.45, 2.75) is 45.4 Å². The fourth-order valence-corrected chi connectivity index (χ4v) is 2.61. The summed E-state index contributed by atoms with van der Waals surface area (Å²) in [5, 5.41) is 2.74. The van der Waals surface area contributed by atoms with Crippen LogP contribution < -0.4 is 5.32 Å². The number of esters is 1. The zero-order valence-electron chi connectivity index (χ0n) is 13.9. The summed E-state index contributed by atoms with van der Waals surface area (Å²) in [4.78, 5) is 23.5. The number of allylic oxidation sites excluding steroid dienone is 2. The van der Waals surface area contributed by atoms with Crippen molar-refractivity contribution in [1.82, 2.24) is 0 Å². The van der Waals surface area contributed by atoms with Crippen LogP contribution in [0.3, 0.4) is 0 Å². The first-order valence-corrected chi connectivity index (χ1v) is 8.30. The molecule has 4 nitrogen and oxygen atoms in total. The van der Waals surface area contributed by atoms with Crippen LogP contribution in [0.2, 0.25) is 0 Å². The number of rotatable bonds is 7. The maximum absolute atomic E-state index is 11.8. The molecule has 0 spiro atoms. The van der Waals surface area contributed by atoms with Crippen LogP contribution >= 0.6 is 0 Å². The van der Waals surface area contributed by atoms with Crippen LogP contribution in [-0.4, -0.2) is 18.5 Å². The molecule has 1 aromatic rings. The van der Waals surface area contributed by atoms with Gasteiger partial charge in [-0.1, -0.05) is 38.1 Å². The van der Waals surface area contributed by atoms with Gasteiger partial charge >= 0.3 is 5.97 Å². The Morgan fingerprint density at radius 3 is 2.65 bits per heavy atom. The molecule has 1 aromatic carbocycles. The Balaban J connectivity index is 1.73. The lowest BCUT2D eigenvalue weighted by Gasteiger charge is -2.11. The van der Waals surface area contributed by atoms with Crippen LogP contribution in [0.1, 0.15) is 51.0 Å². The predicted molar refractivity (Wildman–Crippen MR) is 91.2 cm³/mol. The summed E-state index contributed by atoms with van der Waals surface area (Å²) >= 11 is 0. The Morgan fingerprint density at radius 1 is 1.30 bits per heavy atom. The van der Waals surface area contributed by atoms with Crippen LogP contribution in [0.15, 0.2) is 36.4 Å². The smallest absolute Gasteiger partial charge is 0.306 e. The van der Waals surface area contributed by atoms with Gasteiger partial charge in [-0.3, -0.25) is 9.59 Å². The van der Waals surface area contributed by atoms with E-state index in [1.165, 1.54) is 5.56 Å². The lowest BCUT2D eigenvalue weighted by atomic mass is 9.99. The zero-order chi connectivity index (χ0) is 16.7. The molecule has 4 heteroatoms. The maximum Gasteiger partial charge on any atom is 0.306 e. The summed E-state index contributed by atoms with van der Waals surface area (Å²) in [5.41, 5.74) is 1.97. The van der Waals surface area contributed by atoms with Gasteiger partial charge in [0.2, 0.25) is 0 Å². The average molecular weight is 315 g/mol. The normalized spacial score (nSPS) is 17.7. The monoisotopic (exact) mass is 315 g/mol. The van der Waals surface area contributed by atoms with Crippen molar-refractivity contribution in [3.63, 3.8) is 0 Å². The summed E-state index contributed by atoms with van der Waals surface area (Å²) in [5.74, 6) is 0.143. The number of ether oxygens (including phenoxy) is 1. The largest absolute Gasteiger partial charge is 0.456 e. The fraction of sp³-hybridized carbons (Fsp3) is 0.474. The molecule has 0 aliphatic heterocycles. The number of anilines is 1. The summed E-state index contributed by atoms with van der Waals surface area (Å²) in [6, 6.07) is 7.79. The molecule has 0 unspecified atom stereocenters. The molecule has 1 aliphatic carbocycles. The van der Waals surface area contributed by atoms with Crippen molar-refractivity contribution in [1.29, 1.82) is 0 Å². The van der Waals surface area contributed by atoms with Gasteiger partial charge < -0.3 is 10.1 Å². The van der Waals surface area contributed by atoms with E-state index in [0.717, 1.165) is 24.9 Å². The Kier molecular flexibility index (Phi) is 6.39. The molecule has 0 saturated heterocycles. The van der Waals surface area contributed by atoms with Crippen LogP contribution in [-0.2, 0) is 14.3 Å². The fourth-order valence-electron chi connectivity index (χ4n) is 2.61. The molecule has 1 aliphatic rings. The Morgan fingerprint density at radius 2 is 2.04 bits per heavy atom. The van der Waals surface area contributed by atoms with E-state index in [1.807, 2.05) is 30.3 Å². The SMILES string of the molecule is CC[C@H](C)c1ccc(NC(=O)COC(=O)C[C@@H]2C=CCC2)cc1.